The van der Waals surface area contributed by atoms with Crippen molar-refractivity contribution in [1.29, 1.82) is 0 Å². The molecule has 1 atom stereocenters. The molecule has 0 aliphatic rings. The summed E-state index contributed by atoms with van der Waals surface area (Å²) in [6, 6.07) is 24.9. The fourth-order valence-corrected chi connectivity index (χ4v) is 4.08. The molecule has 0 aliphatic carbocycles. The third-order valence-electron chi connectivity index (χ3n) is 5.42. The summed E-state index contributed by atoms with van der Waals surface area (Å²) >= 11 is 3.40. The number of nitrogens with one attached hydrogen (secondary N) is 2. The lowest BCUT2D eigenvalue weighted by Crippen LogP contribution is -2.11. The van der Waals surface area contributed by atoms with E-state index in [0.29, 0.717) is 23.0 Å². The molecule has 0 fully saturated rings. The van der Waals surface area contributed by atoms with Gasteiger partial charge in [-0.1, -0.05) is 52.3 Å². The molecule has 8 heteroatoms. The van der Waals surface area contributed by atoms with Gasteiger partial charge in [0.25, 0.3) is 5.91 Å². The first-order valence-electron chi connectivity index (χ1n) is 10.8. The molecule has 0 saturated carbocycles. The van der Waals surface area contributed by atoms with E-state index in [0.717, 1.165) is 21.1 Å². The molecule has 2 heterocycles. The lowest BCUT2D eigenvalue weighted by atomic mass is 10.1. The molecule has 0 spiro atoms. The number of imidazole rings is 1. The van der Waals surface area contributed by atoms with Crippen LogP contribution in [0.15, 0.2) is 95.9 Å². The zero-order chi connectivity index (χ0) is 23.5. The first-order valence-corrected chi connectivity index (χ1v) is 11.5. The maximum absolute atomic E-state index is 12.6. The van der Waals surface area contributed by atoms with Crippen LogP contribution >= 0.6 is 15.9 Å². The maximum atomic E-state index is 12.6. The molecule has 5 aromatic rings. The highest BCUT2D eigenvalue weighted by atomic mass is 79.9. The fraction of sp³-hybridized carbons (Fsp3) is 0.0769. The van der Waals surface area contributed by atoms with Gasteiger partial charge >= 0.3 is 0 Å². The lowest BCUT2D eigenvalue weighted by Gasteiger charge is -2.14. The van der Waals surface area contributed by atoms with Crippen LogP contribution in [0.5, 0.6) is 0 Å². The fourth-order valence-electron chi connectivity index (χ4n) is 3.68. The third kappa shape index (κ3) is 4.67. The Labute approximate surface area is 205 Å². The highest BCUT2D eigenvalue weighted by Crippen LogP contribution is 2.23. The highest BCUT2D eigenvalue weighted by Gasteiger charge is 2.12. The van der Waals surface area contributed by atoms with Gasteiger partial charge in [0, 0.05) is 21.9 Å². The molecule has 3 aromatic carbocycles. The quantitative estimate of drug-likeness (QED) is 0.291. The summed E-state index contributed by atoms with van der Waals surface area (Å²) in [5.41, 5.74) is 4.02. The molecule has 5 rings (SSSR count). The summed E-state index contributed by atoms with van der Waals surface area (Å²) in [6.45, 7) is 2.07. The van der Waals surface area contributed by atoms with Crippen LogP contribution in [0.4, 0.5) is 11.6 Å². The van der Waals surface area contributed by atoms with Gasteiger partial charge in [-0.2, -0.15) is 4.98 Å². The zero-order valence-electron chi connectivity index (χ0n) is 18.3. The number of hydrogen-bond acceptors (Lipinski definition) is 5. The Kier molecular flexibility index (Phi) is 6.05. The minimum Gasteiger partial charge on any atom is -0.348 e. The summed E-state index contributed by atoms with van der Waals surface area (Å²) in [7, 11) is 0. The number of carbonyl (C=O) groups excluding carboxylic acids is 1. The Morgan fingerprint density at radius 2 is 1.82 bits per heavy atom. The van der Waals surface area contributed by atoms with Crippen LogP contribution in [0.1, 0.15) is 28.9 Å². The van der Waals surface area contributed by atoms with E-state index in [2.05, 4.69) is 60.6 Å². The summed E-state index contributed by atoms with van der Waals surface area (Å²) in [5.74, 6) is 1.05. The summed E-state index contributed by atoms with van der Waals surface area (Å²) in [4.78, 5) is 26.1. The minimum atomic E-state index is -0.181. The number of hydrogen-bond donors (Lipinski definition) is 2. The van der Waals surface area contributed by atoms with Crippen LogP contribution in [0, 0.1) is 0 Å². The van der Waals surface area contributed by atoms with Gasteiger partial charge in [-0.05, 0) is 55.0 Å². The van der Waals surface area contributed by atoms with Gasteiger partial charge in [-0.3, -0.25) is 9.36 Å². The van der Waals surface area contributed by atoms with Crippen LogP contribution in [0.2, 0.25) is 0 Å². The van der Waals surface area contributed by atoms with E-state index in [-0.39, 0.29) is 11.9 Å². The summed E-state index contributed by atoms with van der Waals surface area (Å²) in [5, 5.41) is 6.28. The zero-order valence-corrected chi connectivity index (χ0v) is 19.9. The van der Waals surface area contributed by atoms with E-state index in [1.165, 1.54) is 0 Å². The predicted molar refractivity (Wildman–Crippen MR) is 137 cm³/mol. The highest BCUT2D eigenvalue weighted by molar-refractivity contribution is 9.10. The van der Waals surface area contributed by atoms with Gasteiger partial charge in [-0.15, -0.1) is 0 Å². The van der Waals surface area contributed by atoms with E-state index in [4.69, 9.17) is 0 Å². The van der Waals surface area contributed by atoms with Gasteiger partial charge in [0.1, 0.15) is 12.1 Å². The average molecular weight is 513 g/mol. The number of rotatable bonds is 6. The number of benzene rings is 3. The van der Waals surface area contributed by atoms with E-state index >= 15 is 0 Å². The molecule has 2 aromatic heterocycles. The van der Waals surface area contributed by atoms with Crippen molar-refractivity contribution < 1.29 is 4.79 Å². The van der Waals surface area contributed by atoms with E-state index in [1.54, 1.807) is 24.7 Å². The number of fused-ring (bicyclic) bond motifs is 1. The van der Waals surface area contributed by atoms with Gasteiger partial charge in [0.15, 0.2) is 0 Å². The van der Waals surface area contributed by atoms with E-state index in [9.17, 15) is 4.79 Å². The Bertz CT molecular complexity index is 1470. The Hall–Kier alpha value is -4.04. The smallest absolute Gasteiger partial charge is 0.255 e. The van der Waals surface area contributed by atoms with Gasteiger partial charge in [0.2, 0.25) is 5.95 Å². The molecule has 0 saturated heterocycles. The van der Waals surface area contributed by atoms with Crippen molar-refractivity contribution in [1.82, 2.24) is 19.5 Å². The van der Waals surface area contributed by atoms with Crippen LogP contribution in [0.3, 0.4) is 0 Å². The van der Waals surface area contributed by atoms with E-state index in [1.807, 2.05) is 59.2 Å². The SMILES string of the molecule is CC(Nc1nccc(-n2cnc3cc(NC(=O)c4cccc(Br)c4)ccc32)n1)c1ccccc1. The summed E-state index contributed by atoms with van der Waals surface area (Å²) in [6.07, 6.45) is 3.44. The largest absolute Gasteiger partial charge is 0.348 e. The number of carbonyl (C=O) groups is 1. The molecule has 2 N–H and O–H groups in total. The standard InChI is InChI=1S/C26H21BrN6O/c1-17(18-6-3-2-4-7-18)30-26-28-13-12-24(32-26)33-16-29-22-15-21(10-11-23(22)33)31-25(34)19-8-5-9-20(27)14-19/h2-17H,1H3,(H,31,34)(H,28,30,32). The topological polar surface area (TPSA) is 84.7 Å². The first-order chi connectivity index (χ1) is 16.6. The molecule has 1 amide bonds. The van der Waals surface area contributed by atoms with Crippen molar-refractivity contribution in [3.8, 4) is 5.82 Å². The molecule has 0 aliphatic heterocycles. The summed E-state index contributed by atoms with van der Waals surface area (Å²) < 4.78 is 2.75. The van der Waals surface area contributed by atoms with Crippen LogP contribution < -0.4 is 10.6 Å². The number of halogens is 1. The minimum absolute atomic E-state index is 0.0624. The molecular weight excluding hydrogens is 492 g/mol. The molecule has 7 nitrogen and oxygen atoms in total. The van der Waals surface area contributed by atoms with Gasteiger partial charge in [-0.25, -0.2) is 9.97 Å². The first kappa shape index (κ1) is 21.8. The molecular formula is C26H21BrN6O. The molecule has 0 bridgehead atoms. The second kappa shape index (κ2) is 9.44. The predicted octanol–water partition coefficient (Wildman–Crippen LogP) is 6.00. The van der Waals surface area contributed by atoms with Crippen molar-refractivity contribution in [2.75, 3.05) is 10.6 Å². The van der Waals surface area contributed by atoms with Crippen LogP contribution in [0.25, 0.3) is 16.9 Å². The van der Waals surface area contributed by atoms with Crippen molar-refractivity contribution in [3.63, 3.8) is 0 Å². The van der Waals surface area contributed by atoms with Crippen molar-refractivity contribution in [3.05, 3.63) is 107 Å². The molecule has 34 heavy (non-hydrogen) atoms. The molecule has 168 valence electrons. The second-order valence-electron chi connectivity index (χ2n) is 7.80. The monoisotopic (exact) mass is 512 g/mol. The lowest BCUT2D eigenvalue weighted by molar-refractivity contribution is 0.102. The number of aromatic nitrogens is 4. The Morgan fingerprint density at radius 1 is 0.971 bits per heavy atom. The average Bonchev–Trinajstić information content (AvgIpc) is 3.28. The normalized spacial score (nSPS) is 11.8. The molecule has 1 unspecified atom stereocenters. The Morgan fingerprint density at radius 3 is 2.65 bits per heavy atom. The second-order valence-corrected chi connectivity index (χ2v) is 8.71. The van der Waals surface area contributed by atoms with Crippen molar-refractivity contribution in [2.45, 2.75) is 13.0 Å². The van der Waals surface area contributed by atoms with Crippen LogP contribution in [-0.2, 0) is 0 Å². The van der Waals surface area contributed by atoms with Crippen molar-refractivity contribution in [2.24, 2.45) is 0 Å². The van der Waals surface area contributed by atoms with Crippen LogP contribution in [-0.4, -0.2) is 25.4 Å². The van der Waals surface area contributed by atoms with Gasteiger partial charge < -0.3 is 10.6 Å². The maximum Gasteiger partial charge on any atom is 0.255 e. The Balaban J connectivity index is 1.36. The van der Waals surface area contributed by atoms with E-state index < -0.39 is 0 Å². The van der Waals surface area contributed by atoms with Crippen molar-refractivity contribution >= 4 is 44.5 Å². The number of anilines is 2. The third-order valence-corrected chi connectivity index (χ3v) is 5.92. The molecule has 0 radical (unpaired) electrons. The number of nitrogens with zero attached hydrogens (tertiary/aromatic N) is 4. The number of amides is 1. The van der Waals surface area contributed by atoms with Gasteiger partial charge in [0.05, 0.1) is 17.1 Å².